The maximum Gasteiger partial charge on any atom is 0.410 e. The fourth-order valence-electron chi connectivity index (χ4n) is 3.45. The second kappa shape index (κ2) is 8.32. The lowest BCUT2D eigenvalue weighted by Crippen LogP contribution is -2.41. The zero-order valence-corrected chi connectivity index (χ0v) is 17.8. The number of carbonyl (C=O) groups excluding carboxylic acids is 1. The van der Waals surface area contributed by atoms with Crippen molar-refractivity contribution < 1.29 is 23.8 Å². The van der Waals surface area contributed by atoms with Gasteiger partial charge in [0, 0.05) is 33.6 Å². The highest BCUT2D eigenvalue weighted by molar-refractivity contribution is 9.10. The molecule has 2 amide bonds. The molecule has 3 heterocycles. The lowest BCUT2D eigenvalue weighted by atomic mass is 9.89. The van der Waals surface area contributed by atoms with Gasteiger partial charge in [-0.25, -0.2) is 19.2 Å². The fourth-order valence-corrected chi connectivity index (χ4v) is 4.79. The van der Waals surface area contributed by atoms with Crippen LogP contribution in [0.1, 0.15) is 22.5 Å². The molecule has 0 radical (unpaired) electrons. The molecule has 30 heavy (non-hydrogen) atoms. The first kappa shape index (κ1) is 20.8. The first-order chi connectivity index (χ1) is 14.4. The molecule has 2 aliphatic heterocycles. The third kappa shape index (κ3) is 4.05. The summed E-state index contributed by atoms with van der Waals surface area (Å²) >= 11 is 4.52. The van der Waals surface area contributed by atoms with Crippen molar-refractivity contribution in [2.75, 3.05) is 17.7 Å². The van der Waals surface area contributed by atoms with E-state index in [-0.39, 0.29) is 22.3 Å². The average Bonchev–Trinajstić information content (AvgIpc) is 3.13. The number of fused-ring (bicyclic) bond motifs is 1. The van der Waals surface area contributed by atoms with Crippen LogP contribution < -0.4 is 10.6 Å². The Morgan fingerprint density at radius 2 is 2.13 bits per heavy atom. The Kier molecular flexibility index (Phi) is 5.76. The van der Waals surface area contributed by atoms with Gasteiger partial charge in [-0.2, -0.15) is 0 Å². The number of carbonyl (C=O) groups is 2. The minimum Gasteiger partial charge on any atom is -0.465 e. The van der Waals surface area contributed by atoms with Crippen molar-refractivity contribution in [3.05, 3.63) is 58.1 Å². The summed E-state index contributed by atoms with van der Waals surface area (Å²) in [6.45, 7) is 0.369. The maximum absolute atomic E-state index is 14.9. The van der Waals surface area contributed by atoms with Gasteiger partial charge in [-0.1, -0.05) is 11.8 Å². The van der Waals surface area contributed by atoms with Gasteiger partial charge in [0.25, 0.3) is 5.91 Å². The number of benzene rings is 1. The van der Waals surface area contributed by atoms with Gasteiger partial charge in [0.15, 0.2) is 10.9 Å². The van der Waals surface area contributed by atoms with Gasteiger partial charge < -0.3 is 15.2 Å². The van der Waals surface area contributed by atoms with E-state index in [4.69, 9.17) is 9.84 Å². The molecule has 1 aromatic carbocycles. The van der Waals surface area contributed by atoms with Gasteiger partial charge in [-0.3, -0.25) is 10.1 Å². The molecule has 1 aromatic heterocycles. The number of thioether (sulfide) groups is 1. The van der Waals surface area contributed by atoms with E-state index < -0.39 is 23.5 Å². The molecular formula is C19H16BrFN4O4S. The molecular weight excluding hydrogens is 479 g/mol. The van der Waals surface area contributed by atoms with E-state index in [1.807, 2.05) is 0 Å². The number of halogens is 2. The van der Waals surface area contributed by atoms with Crippen LogP contribution in [0.2, 0.25) is 0 Å². The van der Waals surface area contributed by atoms with Crippen LogP contribution in [0.25, 0.3) is 0 Å². The SMILES string of the molecule is O=C(O)NC1=N[C@]2(c3cc(NC(=O)c4ccc(Br)cn4)ccc3F)OCC[C@@H]2CS1. The summed E-state index contributed by atoms with van der Waals surface area (Å²) < 4.78 is 21.5. The van der Waals surface area contributed by atoms with Gasteiger partial charge in [0.2, 0.25) is 0 Å². The maximum atomic E-state index is 14.9. The number of amides is 2. The molecule has 11 heteroatoms. The van der Waals surface area contributed by atoms with Gasteiger partial charge in [0.05, 0.1) is 6.61 Å². The normalized spacial score (nSPS) is 22.7. The van der Waals surface area contributed by atoms with Crippen molar-refractivity contribution in [1.82, 2.24) is 10.3 Å². The van der Waals surface area contributed by atoms with E-state index in [1.54, 1.807) is 12.1 Å². The van der Waals surface area contributed by atoms with Crippen LogP contribution in [0, 0.1) is 11.7 Å². The average molecular weight is 495 g/mol. The van der Waals surface area contributed by atoms with Gasteiger partial charge in [-0.15, -0.1) is 0 Å². The zero-order valence-electron chi connectivity index (χ0n) is 15.4. The van der Waals surface area contributed by atoms with Crippen LogP contribution in [0.4, 0.5) is 14.9 Å². The number of pyridine rings is 1. The topological polar surface area (TPSA) is 113 Å². The summed E-state index contributed by atoms with van der Waals surface area (Å²) in [5.41, 5.74) is -0.635. The third-order valence-electron chi connectivity index (χ3n) is 4.81. The Balaban J connectivity index is 1.67. The monoisotopic (exact) mass is 494 g/mol. The lowest BCUT2D eigenvalue weighted by Gasteiger charge is -2.35. The number of aliphatic imine (C=N–C) groups is 1. The van der Waals surface area contributed by atoms with E-state index in [9.17, 15) is 14.0 Å². The van der Waals surface area contributed by atoms with Gasteiger partial charge in [0.1, 0.15) is 11.5 Å². The van der Waals surface area contributed by atoms with E-state index in [1.165, 1.54) is 36.2 Å². The van der Waals surface area contributed by atoms with Gasteiger partial charge >= 0.3 is 6.09 Å². The van der Waals surface area contributed by atoms with Crippen LogP contribution in [0.15, 0.2) is 46.0 Å². The van der Waals surface area contributed by atoms with Crippen LogP contribution >= 0.6 is 27.7 Å². The molecule has 0 bridgehead atoms. The molecule has 4 rings (SSSR count). The minimum atomic E-state index is -1.34. The van der Waals surface area contributed by atoms with E-state index in [0.717, 1.165) is 4.47 Å². The van der Waals surface area contributed by atoms with E-state index in [0.29, 0.717) is 24.5 Å². The fraction of sp³-hybridized carbons (Fsp3) is 0.263. The lowest BCUT2D eigenvalue weighted by molar-refractivity contribution is -0.0172. The highest BCUT2D eigenvalue weighted by Gasteiger charge is 2.50. The Morgan fingerprint density at radius 3 is 2.87 bits per heavy atom. The summed E-state index contributed by atoms with van der Waals surface area (Å²) in [4.78, 5) is 32.0. The number of rotatable bonds is 3. The Labute approximate surface area is 183 Å². The highest BCUT2D eigenvalue weighted by Crippen LogP contribution is 2.48. The molecule has 1 saturated heterocycles. The molecule has 2 aliphatic rings. The number of hydrogen-bond acceptors (Lipinski definition) is 6. The van der Waals surface area contributed by atoms with Crippen molar-refractivity contribution >= 4 is 50.5 Å². The Morgan fingerprint density at radius 1 is 1.30 bits per heavy atom. The highest BCUT2D eigenvalue weighted by atomic mass is 79.9. The number of aromatic nitrogens is 1. The largest absolute Gasteiger partial charge is 0.465 e. The molecule has 3 N–H and O–H groups in total. The van der Waals surface area contributed by atoms with Crippen LogP contribution in [-0.2, 0) is 10.5 Å². The number of nitrogens with one attached hydrogen (secondary N) is 2. The number of nitrogens with zero attached hydrogens (tertiary/aromatic N) is 2. The predicted octanol–water partition coefficient (Wildman–Crippen LogP) is 3.80. The second-order valence-corrected chi connectivity index (χ2v) is 8.62. The third-order valence-corrected chi connectivity index (χ3v) is 6.32. The van der Waals surface area contributed by atoms with Gasteiger partial charge in [-0.05, 0) is 52.7 Å². The van der Waals surface area contributed by atoms with E-state index >= 15 is 0 Å². The van der Waals surface area contributed by atoms with Crippen molar-refractivity contribution in [3.8, 4) is 0 Å². The van der Waals surface area contributed by atoms with Crippen molar-refractivity contribution in [3.63, 3.8) is 0 Å². The number of carboxylic acid groups (broad SMARTS) is 1. The molecule has 2 aromatic rings. The summed E-state index contributed by atoms with van der Waals surface area (Å²) in [7, 11) is 0. The summed E-state index contributed by atoms with van der Waals surface area (Å²) in [6.07, 6.45) is 0.915. The Bertz CT molecular complexity index is 1040. The van der Waals surface area contributed by atoms with Crippen molar-refractivity contribution in [2.24, 2.45) is 10.9 Å². The summed E-state index contributed by atoms with van der Waals surface area (Å²) in [5, 5.41) is 14.1. The molecule has 8 nitrogen and oxygen atoms in total. The number of hydrogen-bond donors (Lipinski definition) is 3. The summed E-state index contributed by atoms with van der Waals surface area (Å²) in [5.74, 6) is -0.599. The first-order valence-corrected chi connectivity index (χ1v) is 10.7. The van der Waals surface area contributed by atoms with Crippen molar-refractivity contribution in [2.45, 2.75) is 12.1 Å². The second-order valence-electron chi connectivity index (χ2n) is 6.70. The molecule has 156 valence electrons. The van der Waals surface area contributed by atoms with E-state index in [2.05, 4.69) is 36.5 Å². The molecule has 0 aliphatic carbocycles. The Hall–Kier alpha value is -2.50. The predicted molar refractivity (Wildman–Crippen MR) is 113 cm³/mol. The van der Waals surface area contributed by atoms with Crippen LogP contribution in [0.5, 0.6) is 0 Å². The molecule has 0 saturated carbocycles. The molecule has 1 fully saturated rings. The smallest absolute Gasteiger partial charge is 0.410 e. The van der Waals surface area contributed by atoms with Crippen LogP contribution in [-0.4, -0.2) is 39.6 Å². The molecule has 0 spiro atoms. The zero-order chi connectivity index (χ0) is 21.3. The standard InChI is InChI=1S/C19H16BrFN4O4S/c20-11-1-4-15(22-8-11)16(26)23-12-2-3-14(21)13(7-12)19-10(5-6-29-19)9-30-17(25-19)24-18(27)28/h1-4,7-8,10H,5-6,9H2,(H,23,26)(H,24,25)(H,27,28)/t10-,19+/m1/s1. The number of ether oxygens (including phenoxy) is 1. The molecule has 0 unspecified atom stereocenters. The summed E-state index contributed by atoms with van der Waals surface area (Å²) in [6, 6.07) is 7.40. The minimum absolute atomic E-state index is 0.129. The molecule has 2 atom stereocenters. The first-order valence-electron chi connectivity index (χ1n) is 8.97. The number of anilines is 1. The van der Waals surface area contributed by atoms with Crippen LogP contribution in [0.3, 0.4) is 0 Å². The van der Waals surface area contributed by atoms with Crippen molar-refractivity contribution in [1.29, 1.82) is 0 Å². The number of amidine groups is 1. The quantitative estimate of drug-likeness (QED) is 0.598.